The summed E-state index contributed by atoms with van der Waals surface area (Å²) in [5, 5.41) is 8.22. The molecule has 0 atom stereocenters. The lowest BCUT2D eigenvalue weighted by Crippen LogP contribution is -2.35. The van der Waals surface area contributed by atoms with E-state index in [0.29, 0.717) is 10.7 Å². The summed E-state index contributed by atoms with van der Waals surface area (Å²) in [6.07, 6.45) is 1.38. The van der Waals surface area contributed by atoms with Crippen LogP contribution in [0.2, 0.25) is 0 Å². The minimum absolute atomic E-state index is 0.140. The Hall–Kier alpha value is -3.92. The zero-order chi connectivity index (χ0) is 24.0. The summed E-state index contributed by atoms with van der Waals surface area (Å²) in [6, 6.07) is 10.0. The quantitative estimate of drug-likeness (QED) is 0.434. The molecule has 3 N–H and O–H groups in total. The standard InChI is InChI=1S/C23H23N3O6S/c1-13-9-14(2)21(15(3)10-13)25-18(27)11-24-19(28)12-32-23(30)17-6-7-20(33-17)26-22(29)16-5-4-8-31-16/h4-10H,11-12H2,1-3H3,(H,24,28)(H,25,27)(H,26,29). The Bertz CT molecular complexity index is 1160. The average Bonchev–Trinajstić information content (AvgIpc) is 3.45. The van der Waals surface area contributed by atoms with Crippen LogP contribution >= 0.6 is 11.3 Å². The monoisotopic (exact) mass is 469 g/mol. The molecule has 3 aromatic rings. The molecule has 9 nitrogen and oxygen atoms in total. The number of carbonyl (C=O) groups is 4. The molecule has 3 amide bonds. The number of benzene rings is 1. The highest BCUT2D eigenvalue weighted by Gasteiger charge is 2.16. The molecule has 172 valence electrons. The summed E-state index contributed by atoms with van der Waals surface area (Å²) in [7, 11) is 0. The van der Waals surface area contributed by atoms with Crippen molar-refractivity contribution >= 4 is 45.7 Å². The summed E-state index contributed by atoms with van der Waals surface area (Å²) in [4.78, 5) is 48.5. The molecule has 0 spiro atoms. The Labute approximate surface area is 194 Å². The number of hydrogen-bond donors (Lipinski definition) is 3. The van der Waals surface area contributed by atoms with E-state index in [1.807, 2.05) is 32.9 Å². The van der Waals surface area contributed by atoms with Crippen molar-refractivity contribution in [3.63, 3.8) is 0 Å². The molecule has 0 unspecified atom stereocenters. The summed E-state index contributed by atoms with van der Waals surface area (Å²) >= 11 is 0.997. The van der Waals surface area contributed by atoms with Crippen molar-refractivity contribution in [3.8, 4) is 0 Å². The van der Waals surface area contributed by atoms with Crippen molar-refractivity contribution < 1.29 is 28.3 Å². The van der Waals surface area contributed by atoms with E-state index in [0.717, 1.165) is 28.0 Å². The number of rotatable bonds is 8. The fourth-order valence-corrected chi connectivity index (χ4v) is 3.88. The first-order valence-electron chi connectivity index (χ1n) is 9.99. The van der Waals surface area contributed by atoms with Crippen molar-refractivity contribution in [2.45, 2.75) is 20.8 Å². The van der Waals surface area contributed by atoms with Crippen LogP contribution in [0.3, 0.4) is 0 Å². The Morgan fingerprint density at radius 3 is 2.36 bits per heavy atom. The number of nitrogens with one attached hydrogen (secondary N) is 3. The molecule has 2 heterocycles. The van der Waals surface area contributed by atoms with Gasteiger partial charge in [0, 0.05) is 5.69 Å². The van der Waals surface area contributed by atoms with Crippen molar-refractivity contribution in [1.82, 2.24) is 5.32 Å². The minimum Gasteiger partial charge on any atom is -0.459 e. The van der Waals surface area contributed by atoms with Crippen molar-refractivity contribution in [3.05, 3.63) is 70.0 Å². The van der Waals surface area contributed by atoms with E-state index in [2.05, 4.69) is 16.0 Å². The van der Waals surface area contributed by atoms with Gasteiger partial charge in [0.15, 0.2) is 12.4 Å². The Kier molecular flexibility index (Phi) is 7.62. The molecule has 0 saturated carbocycles. The highest BCUT2D eigenvalue weighted by Crippen LogP contribution is 2.23. The van der Waals surface area contributed by atoms with Crippen LogP contribution in [-0.2, 0) is 14.3 Å². The van der Waals surface area contributed by atoms with Gasteiger partial charge < -0.3 is 25.1 Å². The normalized spacial score (nSPS) is 10.4. The zero-order valence-electron chi connectivity index (χ0n) is 18.3. The molecule has 10 heteroatoms. The lowest BCUT2D eigenvalue weighted by molar-refractivity contribution is -0.126. The molecule has 1 aromatic carbocycles. The fourth-order valence-electron chi connectivity index (χ4n) is 3.09. The van der Waals surface area contributed by atoms with Crippen molar-refractivity contribution in [2.24, 2.45) is 0 Å². The number of anilines is 2. The first-order chi connectivity index (χ1) is 15.7. The third-order valence-electron chi connectivity index (χ3n) is 4.51. The van der Waals surface area contributed by atoms with Gasteiger partial charge in [-0.1, -0.05) is 17.7 Å². The van der Waals surface area contributed by atoms with E-state index in [1.54, 1.807) is 12.1 Å². The molecular weight excluding hydrogens is 446 g/mol. The second-order valence-electron chi connectivity index (χ2n) is 7.27. The van der Waals surface area contributed by atoms with Crippen LogP contribution < -0.4 is 16.0 Å². The second-order valence-corrected chi connectivity index (χ2v) is 8.35. The van der Waals surface area contributed by atoms with Gasteiger partial charge >= 0.3 is 5.97 Å². The zero-order valence-corrected chi connectivity index (χ0v) is 19.1. The Morgan fingerprint density at radius 1 is 0.970 bits per heavy atom. The average molecular weight is 470 g/mol. The smallest absolute Gasteiger partial charge is 0.348 e. The van der Waals surface area contributed by atoms with E-state index in [4.69, 9.17) is 9.15 Å². The van der Waals surface area contributed by atoms with Gasteiger partial charge in [0.1, 0.15) is 4.88 Å². The van der Waals surface area contributed by atoms with Crippen molar-refractivity contribution in [1.29, 1.82) is 0 Å². The number of hydrogen-bond acceptors (Lipinski definition) is 7. The topological polar surface area (TPSA) is 127 Å². The molecule has 0 saturated heterocycles. The van der Waals surface area contributed by atoms with E-state index in [9.17, 15) is 19.2 Å². The van der Waals surface area contributed by atoms with Gasteiger partial charge in [-0.2, -0.15) is 0 Å². The maximum Gasteiger partial charge on any atom is 0.348 e. The predicted molar refractivity (Wildman–Crippen MR) is 124 cm³/mol. The molecule has 33 heavy (non-hydrogen) atoms. The Balaban J connectivity index is 1.42. The van der Waals surface area contributed by atoms with Crippen LogP contribution in [0.5, 0.6) is 0 Å². The highest BCUT2D eigenvalue weighted by molar-refractivity contribution is 7.18. The number of esters is 1. The van der Waals surface area contributed by atoms with Crippen molar-refractivity contribution in [2.75, 3.05) is 23.8 Å². The molecule has 2 aromatic heterocycles. The van der Waals surface area contributed by atoms with Crippen LogP contribution in [0, 0.1) is 20.8 Å². The molecule has 0 fully saturated rings. The van der Waals surface area contributed by atoms with E-state index < -0.39 is 24.4 Å². The number of carbonyl (C=O) groups excluding carboxylic acids is 4. The number of amides is 3. The molecule has 0 aliphatic rings. The maximum absolute atomic E-state index is 12.2. The fraction of sp³-hybridized carbons (Fsp3) is 0.217. The lowest BCUT2D eigenvalue weighted by atomic mass is 10.1. The van der Waals surface area contributed by atoms with Gasteiger partial charge in [0.25, 0.3) is 11.8 Å². The first kappa shape index (κ1) is 23.7. The maximum atomic E-state index is 12.2. The van der Waals surface area contributed by atoms with E-state index in [-0.39, 0.29) is 23.1 Å². The number of aryl methyl sites for hydroxylation is 3. The van der Waals surface area contributed by atoms with E-state index >= 15 is 0 Å². The van der Waals surface area contributed by atoms with Crippen LogP contribution in [0.25, 0.3) is 0 Å². The molecular formula is C23H23N3O6S. The lowest BCUT2D eigenvalue weighted by Gasteiger charge is -2.13. The van der Waals surface area contributed by atoms with Gasteiger partial charge in [-0.25, -0.2) is 4.79 Å². The summed E-state index contributed by atoms with van der Waals surface area (Å²) in [5.41, 5.74) is 3.66. The van der Waals surface area contributed by atoms with Crippen LogP contribution in [0.15, 0.2) is 47.1 Å². The highest BCUT2D eigenvalue weighted by atomic mass is 32.1. The van der Waals surface area contributed by atoms with Gasteiger partial charge in [0.05, 0.1) is 17.8 Å². The summed E-state index contributed by atoms with van der Waals surface area (Å²) in [6.45, 7) is 4.96. The number of thiophene rings is 1. The van der Waals surface area contributed by atoms with E-state index in [1.165, 1.54) is 18.4 Å². The van der Waals surface area contributed by atoms with Gasteiger partial charge in [-0.15, -0.1) is 11.3 Å². The minimum atomic E-state index is -0.719. The predicted octanol–water partition coefficient (Wildman–Crippen LogP) is 3.43. The van der Waals surface area contributed by atoms with Gasteiger partial charge in [0.2, 0.25) is 5.91 Å². The Morgan fingerprint density at radius 2 is 1.70 bits per heavy atom. The molecule has 0 radical (unpaired) electrons. The van der Waals surface area contributed by atoms with Gasteiger partial charge in [-0.05, 0) is 56.2 Å². The second kappa shape index (κ2) is 10.6. The third kappa shape index (κ3) is 6.53. The molecule has 3 rings (SSSR count). The molecule has 0 bridgehead atoms. The van der Waals surface area contributed by atoms with Crippen LogP contribution in [-0.4, -0.2) is 36.8 Å². The first-order valence-corrected chi connectivity index (χ1v) is 10.8. The SMILES string of the molecule is Cc1cc(C)c(NC(=O)CNC(=O)COC(=O)c2ccc(NC(=O)c3ccco3)s2)c(C)c1. The number of furan rings is 1. The van der Waals surface area contributed by atoms with Gasteiger partial charge in [-0.3, -0.25) is 14.4 Å². The third-order valence-corrected chi connectivity index (χ3v) is 5.49. The summed E-state index contributed by atoms with van der Waals surface area (Å²) in [5.74, 6) is -2.03. The van der Waals surface area contributed by atoms with Crippen LogP contribution in [0.4, 0.5) is 10.7 Å². The summed E-state index contributed by atoms with van der Waals surface area (Å²) < 4.78 is 9.98. The largest absolute Gasteiger partial charge is 0.459 e. The molecule has 0 aliphatic carbocycles. The molecule has 0 aliphatic heterocycles. The number of ether oxygens (including phenoxy) is 1. The van der Waals surface area contributed by atoms with Crippen LogP contribution in [0.1, 0.15) is 36.9 Å².